The highest BCUT2D eigenvalue weighted by molar-refractivity contribution is 8.00. The van der Waals surface area contributed by atoms with Crippen molar-refractivity contribution in [3.05, 3.63) is 17.8 Å². The van der Waals surface area contributed by atoms with Crippen LogP contribution in [0.5, 0.6) is 0 Å². The van der Waals surface area contributed by atoms with Gasteiger partial charge in [-0.1, -0.05) is 13.3 Å². The van der Waals surface area contributed by atoms with E-state index in [2.05, 4.69) is 17.2 Å². The Morgan fingerprint density at radius 2 is 2.43 bits per heavy atom. The van der Waals surface area contributed by atoms with Crippen molar-refractivity contribution in [1.82, 2.24) is 4.98 Å². The number of amides is 1. The van der Waals surface area contributed by atoms with Gasteiger partial charge in [-0.05, 0) is 18.6 Å². The lowest BCUT2D eigenvalue weighted by Gasteiger charge is -2.15. The van der Waals surface area contributed by atoms with E-state index in [9.17, 15) is 4.79 Å². The SMILES string of the molecule is CCCc1ccc2c(n1)NC(=O)CS2. The van der Waals surface area contributed by atoms with Crippen LogP contribution in [0, 0.1) is 0 Å². The molecule has 0 saturated heterocycles. The second-order valence-corrected chi connectivity index (χ2v) is 4.25. The molecule has 1 amide bonds. The van der Waals surface area contributed by atoms with E-state index in [0.717, 1.165) is 29.2 Å². The summed E-state index contributed by atoms with van der Waals surface area (Å²) < 4.78 is 0. The first-order valence-electron chi connectivity index (χ1n) is 4.72. The predicted octanol–water partition coefficient (Wildman–Crippen LogP) is 2.08. The maximum absolute atomic E-state index is 11.1. The number of pyridine rings is 1. The van der Waals surface area contributed by atoms with Crippen molar-refractivity contribution in [2.45, 2.75) is 24.7 Å². The van der Waals surface area contributed by atoms with E-state index in [-0.39, 0.29) is 5.91 Å². The average Bonchev–Trinajstić information content (AvgIpc) is 2.17. The van der Waals surface area contributed by atoms with Crippen LogP contribution in [0.15, 0.2) is 17.0 Å². The zero-order valence-electron chi connectivity index (χ0n) is 8.04. The Kier molecular flexibility index (Phi) is 2.72. The van der Waals surface area contributed by atoms with Crippen LogP contribution >= 0.6 is 11.8 Å². The maximum atomic E-state index is 11.1. The molecule has 0 radical (unpaired) electrons. The first-order valence-corrected chi connectivity index (χ1v) is 5.70. The Morgan fingerprint density at radius 1 is 1.57 bits per heavy atom. The maximum Gasteiger partial charge on any atom is 0.235 e. The summed E-state index contributed by atoms with van der Waals surface area (Å²) in [5, 5.41) is 2.79. The number of fused-ring (bicyclic) bond motifs is 1. The highest BCUT2D eigenvalue weighted by atomic mass is 32.2. The molecule has 4 heteroatoms. The molecule has 2 rings (SSSR count). The quantitative estimate of drug-likeness (QED) is 0.809. The lowest BCUT2D eigenvalue weighted by molar-refractivity contribution is -0.113. The predicted molar refractivity (Wildman–Crippen MR) is 57.6 cm³/mol. The summed E-state index contributed by atoms with van der Waals surface area (Å²) in [7, 11) is 0. The number of nitrogens with one attached hydrogen (secondary N) is 1. The topological polar surface area (TPSA) is 42.0 Å². The van der Waals surface area contributed by atoms with Crippen molar-refractivity contribution in [3.63, 3.8) is 0 Å². The summed E-state index contributed by atoms with van der Waals surface area (Å²) >= 11 is 1.55. The van der Waals surface area contributed by atoms with Gasteiger partial charge in [-0.25, -0.2) is 4.98 Å². The number of carbonyl (C=O) groups excluding carboxylic acids is 1. The van der Waals surface area contributed by atoms with Crippen LogP contribution < -0.4 is 5.32 Å². The van der Waals surface area contributed by atoms with Gasteiger partial charge in [-0.15, -0.1) is 11.8 Å². The lowest BCUT2D eigenvalue weighted by atomic mass is 10.2. The number of hydrogen-bond acceptors (Lipinski definition) is 3. The highest BCUT2D eigenvalue weighted by Gasteiger charge is 2.16. The van der Waals surface area contributed by atoms with Gasteiger partial charge in [-0.3, -0.25) is 4.79 Å². The van der Waals surface area contributed by atoms with Crippen molar-refractivity contribution in [1.29, 1.82) is 0 Å². The minimum absolute atomic E-state index is 0.0450. The number of hydrogen-bond donors (Lipinski definition) is 1. The van der Waals surface area contributed by atoms with E-state index >= 15 is 0 Å². The zero-order valence-corrected chi connectivity index (χ0v) is 8.86. The number of carbonyl (C=O) groups is 1. The Morgan fingerprint density at radius 3 is 3.21 bits per heavy atom. The molecule has 0 aliphatic carbocycles. The molecule has 14 heavy (non-hydrogen) atoms. The summed E-state index contributed by atoms with van der Waals surface area (Å²) in [4.78, 5) is 16.6. The Hall–Kier alpha value is -1.03. The van der Waals surface area contributed by atoms with Crippen LogP contribution in [0.2, 0.25) is 0 Å². The lowest BCUT2D eigenvalue weighted by Crippen LogP contribution is -2.20. The number of nitrogens with zero attached hydrogens (tertiary/aromatic N) is 1. The molecule has 0 saturated carbocycles. The molecular weight excluding hydrogens is 196 g/mol. The smallest absolute Gasteiger partial charge is 0.235 e. The van der Waals surface area contributed by atoms with E-state index in [1.165, 1.54) is 0 Å². The Balaban J connectivity index is 2.28. The van der Waals surface area contributed by atoms with Crippen molar-refractivity contribution >= 4 is 23.5 Å². The fourth-order valence-corrected chi connectivity index (χ4v) is 2.16. The van der Waals surface area contributed by atoms with E-state index in [4.69, 9.17) is 0 Å². The average molecular weight is 208 g/mol. The molecule has 1 aromatic heterocycles. The largest absolute Gasteiger partial charge is 0.309 e. The zero-order chi connectivity index (χ0) is 9.97. The number of thioether (sulfide) groups is 1. The second kappa shape index (κ2) is 4.00. The summed E-state index contributed by atoms with van der Waals surface area (Å²) in [6.45, 7) is 2.12. The molecule has 0 unspecified atom stereocenters. The first-order chi connectivity index (χ1) is 6.79. The molecule has 1 aliphatic heterocycles. The highest BCUT2D eigenvalue weighted by Crippen LogP contribution is 2.29. The van der Waals surface area contributed by atoms with Gasteiger partial charge < -0.3 is 5.32 Å². The monoisotopic (exact) mass is 208 g/mol. The molecule has 74 valence electrons. The van der Waals surface area contributed by atoms with Crippen LogP contribution in [-0.4, -0.2) is 16.6 Å². The summed E-state index contributed by atoms with van der Waals surface area (Å²) in [6, 6.07) is 4.07. The standard InChI is InChI=1S/C10H12N2OS/c1-2-3-7-4-5-8-10(11-7)12-9(13)6-14-8/h4-5H,2-3,6H2,1H3,(H,11,12,13). The molecule has 1 aliphatic rings. The Labute approximate surface area is 87.3 Å². The third-order valence-corrected chi connectivity index (χ3v) is 3.09. The van der Waals surface area contributed by atoms with E-state index < -0.39 is 0 Å². The van der Waals surface area contributed by atoms with E-state index in [0.29, 0.717) is 5.75 Å². The number of anilines is 1. The molecule has 1 N–H and O–H groups in total. The van der Waals surface area contributed by atoms with Gasteiger partial charge in [0.15, 0.2) is 0 Å². The van der Waals surface area contributed by atoms with E-state index in [1.54, 1.807) is 11.8 Å². The van der Waals surface area contributed by atoms with Gasteiger partial charge in [0, 0.05) is 5.69 Å². The van der Waals surface area contributed by atoms with Crippen LogP contribution in [0.1, 0.15) is 19.0 Å². The second-order valence-electron chi connectivity index (χ2n) is 3.24. The first kappa shape index (κ1) is 9.52. The van der Waals surface area contributed by atoms with Crippen molar-refractivity contribution in [2.75, 3.05) is 11.1 Å². The number of rotatable bonds is 2. The molecule has 0 spiro atoms. The minimum atomic E-state index is 0.0450. The molecule has 0 fully saturated rings. The molecular formula is C10H12N2OS. The van der Waals surface area contributed by atoms with Gasteiger partial charge in [-0.2, -0.15) is 0 Å². The fourth-order valence-electron chi connectivity index (χ4n) is 1.40. The van der Waals surface area contributed by atoms with Crippen molar-refractivity contribution in [2.24, 2.45) is 0 Å². The van der Waals surface area contributed by atoms with Crippen LogP contribution in [0.3, 0.4) is 0 Å². The third-order valence-electron chi connectivity index (χ3n) is 2.04. The normalized spacial score (nSPS) is 14.8. The molecule has 1 aromatic rings. The molecule has 0 aromatic carbocycles. The summed E-state index contributed by atoms with van der Waals surface area (Å²) in [5.74, 6) is 1.28. The van der Waals surface area contributed by atoms with Gasteiger partial charge >= 0.3 is 0 Å². The van der Waals surface area contributed by atoms with Crippen molar-refractivity contribution < 1.29 is 4.79 Å². The third kappa shape index (κ3) is 1.90. The van der Waals surface area contributed by atoms with Gasteiger partial charge in [0.2, 0.25) is 5.91 Å². The van der Waals surface area contributed by atoms with Crippen LogP contribution in [-0.2, 0) is 11.2 Å². The number of aryl methyl sites for hydroxylation is 1. The van der Waals surface area contributed by atoms with Gasteiger partial charge in [0.1, 0.15) is 5.82 Å². The Bertz CT molecular complexity index is 365. The van der Waals surface area contributed by atoms with Crippen LogP contribution in [0.4, 0.5) is 5.82 Å². The molecule has 0 atom stereocenters. The van der Waals surface area contributed by atoms with Crippen LogP contribution in [0.25, 0.3) is 0 Å². The van der Waals surface area contributed by atoms with E-state index in [1.807, 2.05) is 12.1 Å². The summed E-state index contributed by atoms with van der Waals surface area (Å²) in [5.41, 5.74) is 1.05. The minimum Gasteiger partial charge on any atom is -0.309 e. The van der Waals surface area contributed by atoms with Gasteiger partial charge in [0.25, 0.3) is 0 Å². The molecule has 0 bridgehead atoms. The number of aromatic nitrogens is 1. The fraction of sp³-hybridized carbons (Fsp3) is 0.400. The van der Waals surface area contributed by atoms with Crippen molar-refractivity contribution in [3.8, 4) is 0 Å². The summed E-state index contributed by atoms with van der Waals surface area (Å²) in [6.07, 6.45) is 2.04. The molecule has 3 nitrogen and oxygen atoms in total. The van der Waals surface area contributed by atoms with Gasteiger partial charge in [0.05, 0.1) is 10.6 Å². The molecule has 2 heterocycles.